The van der Waals surface area contributed by atoms with Crippen LogP contribution in [0.3, 0.4) is 0 Å². The first-order valence-corrected chi connectivity index (χ1v) is 7.96. The third-order valence-corrected chi connectivity index (χ3v) is 4.62. The number of fused-ring (bicyclic) bond motifs is 1. The highest BCUT2D eigenvalue weighted by atomic mass is 35.5. The predicted molar refractivity (Wildman–Crippen MR) is 95.0 cm³/mol. The van der Waals surface area contributed by atoms with E-state index >= 15 is 0 Å². The van der Waals surface area contributed by atoms with Crippen molar-refractivity contribution in [2.75, 3.05) is 5.73 Å². The maximum atomic E-state index is 12.5. The largest absolute Gasteiger partial charge is 0.383 e. The molecule has 118 valence electrons. The van der Waals surface area contributed by atoms with Crippen LogP contribution >= 0.6 is 11.6 Å². The maximum absolute atomic E-state index is 12.5. The van der Waals surface area contributed by atoms with Crippen molar-refractivity contribution in [2.24, 2.45) is 0 Å². The summed E-state index contributed by atoms with van der Waals surface area (Å²) in [4.78, 5) is 20.0. The standard InChI is InChI=1S/C18H13ClN4O/c1-21-14-8-12-16(9-11(14)10-6-7-10)23(18(24)22-17(12)20)15-5-3-2-4-13(15)19/h2-5,8-10H,6-7H2,(H2,20,22,24). The number of nitrogens with zero attached hydrogens (tertiary/aromatic N) is 3. The van der Waals surface area contributed by atoms with Crippen LogP contribution in [0.5, 0.6) is 0 Å². The minimum Gasteiger partial charge on any atom is -0.383 e. The molecule has 1 aliphatic rings. The normalized spacial score (nSPS) is 13.8. The first kappa shape index (κ1) is 14.7. The Kier molecular flexibility index (Phi) is 3.29. The highest BCUT2D eigenvalue weighted by molar-refractivity contribution is 6.32. The molecule has 1 saturated carbocycles. The molecule has 1 aliphatic carbocycles. The van der Waals surface area contributed by atoms with Crippen molar-refractivity contribution in [3.63, 3.8) is 0 Å². The third kappa shape index (κ3) is 2.24. The molecule has 1 heterocycles. The number of benzene rings is 2. The molecule has 0 aliphatic heterocycles. The summed E-state index contributed by atoms with van der Waals surface area (Å²) < 4.78 is 1.47. The number of nitrogens with two attached hydrogens (primary N) is 1. The third-order valence-electron chi connectivity index (χ3n) is 4.30. The minimum absolute atomic E-state index is 0.130. The van der Waals surface area contributed by atoms with Crippen molar-refractivity contribution in [2.45, 2.75) is 18.8 Å². The zero-order valence-electron chi connectivity index (χ0n) is 12.7. The molecule has 0 radical (unpaired) electrons. The maximum Gasteiger partial charge on any atom is 0.354 e. The zero-order valence-corrected chi connectivity index (χ0v) is 13.4. The van der Waals surface area contributed by atoms with Gasteiger partial charge in [-0.1, -0.05) is 23.7 Å². The van der Waals surface area contributed by atoms with Crippen LogP contribution in [0.25, 0.3) is 21.4 Å². The molecule has 2 N–H and O–H groups in total. The number of nitrogen functional groups attached to an aromatic ring is 1. The number of hydrogen-bond acceptors (Lipinski definition) is 3. The van der Waals surface area contributed by atoms with Crippen molar-refractivity contribution < 1.29 is 0 Å². The van der Waals surface area contributed by atoms with E-state index < -0.39 is 5.69 Å². The monoisotopic (exact) mass is 336 g/mol. The average molecular weight is 337 g/mol. The topological polar surface area (TPSA) is 65.3 Å². The SMILES string of the molecule is [C-]#[N+]c1cc2c(N)nc(=O)n(-c3ccccc3Cl)c2cc1C1CC1. The molecule has 3 aromatic rings. The van der Waals surface area contributed by atoms with Crippen LogP contribution in [0.2, 0.25) is 5.02 Å². The van der Waals surface area contributed by atoms with Gasteiger partial charge in [0.1, 0.15) is 5.82 Å². The number of rotatable bonds is 2. The van der Waals surface area contributed by atoms with Gasteiger partial charge in [-0.15, -0.1) is 0 Å². The number of anilines is 1. The Labute approximate surface area is 143 Å². The van der Waals surface area contributed by atoms with Gasteiger partial charge in [0, 0.05) is 5.39 Å². The summed E-state index contributed by atoms with van der Waals surface area (Å²) >= 11 is 6.28. The molecule has 24 heavy (non-hydrogen) atoms. The minimum atomic E-state index is -0.481. The molecule has 1 fully saturated rings. The van der Waals surface area contributed by atoms with Gasteiger partial charge >= 0.3 is 5.69 Å². The summed E-state index contributed by atoms with van der Waals surface area (Å²) in [5.74, 6) is 0.508. The molecule has 0 spiro atoms. The molecule has 2 aromatic carbocycles. The van der Waals surface area contributed by atoms with E-state index in [4.69, 9.17) is 23.9 Å². The average Bonchev–Trinajstić information content (AvgIpc) is 3.40. The van der Waals surface area contributed by atoms with Crippen LogP contribution in [0.15, 0.2) is 41.2 Å². The first-order valence-electron chi connectivity index (χ1n) is 7.58. The van der Waals surface area contributed by atoms with Crippen molar-refractivity contribution >= 4 is 34.0 Å². The molecule has 0 saturated heterocycles. The summed E-state index contributed by atoms with van der Waals surface area (Å²) in [6.45, 7) is 7.42. The number of aromatic nitrogens is 2. The van der Waals surface area contributed by atoms with Gasteiger partial charge in [0.05, 0.1) is 22.8 Å². The Hall–Kier alpha value is -2.84. The Morgan fingerprint density at radius 1 is 1.29 bits per heavy atom. The molecule has 5 nitrogen and oxygen atoms in total. The van der Waals surface area contributed by atoms with Crippen molar-refractivity contribution in [1.82, 2.24) is 9.55 Å². The lowest BCUT2D eigenvalue weighted by atomic mass is 10.0. The Morgan fingerprint density at radius 2 is 2.04 bits per heavy atom. The summed E-state index contributed by atoms with van der Waals surface area (Å²) in [5, 5.41) is 1.04. The van der Waals surface area contributed by atoms with Gasteiger partial charge in [-0.25, -0.2) is 9.64 Å². The van der Waals surface area contributed by atoms with E-state index in [1.165, 1.54) is 4.57 Å². The van der Waals surface area contributed by atoms with E-state index in [1.54, 1.807) is 24.3 Å². The molecule has 1 aromatic heterocycles. The molecular weight excluding hydrogens is 324 g/mol. The highest BCUT2D eigenvalue weighted by Crippen LogP contribution is 2.46. The van der Waals surface area contributed by atoms with E-state index in [2.05, 4.69) is 9.83 Å². The van der Waals surface area contributed by atoms with Crippen LogP contribution in [-0.2, 0) is 0 Å². The van der Waals surface area contributed by atoms with Crippen LogP contribution in [-0.4, -0.2) is 9.55 Å². The highest BCUT2D eigenvalue weighted by Gasteiger charge is 2.27. The molecular formula is C18H13ClN4O. The Balaban J connectivity index is 2.14. The van der Waals surface area contributed by atoms with Gasteiger partial charge in [-0.2, -0.15) is 4.98 Å². The molecule has 4 rings (SSSR count). The summed E-state index contributed by atoms with van der Waals surface area (Å²) in [5.41, 5.74) is 8.19. The fourth-order valence-corrected chi connectivity index (χ4v) is 3.20. The summed E-state index contributed by atoms with van der Waals surface area (Å²) in [6.07, 6.45) is 2.12. The molecule has 0 bridgehead atoms. The van der Waals surface area contributed by atoms with Gasteiger partial charge < -0.3 is 5.73 Å². The molecule has 0 amide bonds. The summed E-state index contributed by atoms with van der Waals surface area (Å²) in [6, 6.07) is 10.7. The van der Waals surface area contributed by atoms with Crippen LogP contribution in [0, 0.1) is 6.57 Å². The fourth-order valence-electron chi connectivity index (χ4n) is 2.98. The zero-order chi connectivity index (χ0) is 16.8. The van der Waals surface area contributed by atoms with Gasteiger partial charge in [0.15, 0.2) is 5.69 Å². The van der Waals surface area contributed by atoms with Gasteiger partial charge in [0.2, 0.25) is 0 Å². The van der Waals surface area contributed by atoms with Crippen molar-refractivity contribution in [3.05, 3.63) is 68.9 Å². The van der Waals surface area contributed by atoms with Crippen LogP contribution in [0.4, 0.5) is 11.5 Å². The number of hydrogen-bond donors (Lipinski definition) is 1. The summed E-state index contributed by atoms with van der Waals surface area (Å²) in [7, 11) is 0. The molecule has 6 heteroatoms. The van der Waals surface area contributed by atoms with E-state index in [-0.39, 0.29) is 5.82 Å². The van der Waals surface area contributed by atoms with Crippen LogP contribution < -0.4 is 11.4 Å². The van der Waals surface area contributed by atoms with E-state index in [1.807, 2.05) is 12.1 Å². The lowest BCUT2D eigenvalue weighted by molar-refractivity contribution is 0.962. The second-order valence-electron chi connectivity index (χ2n) is 5.88. The number of para-hydroxylation sites is 1. The lowest BCUT2D eigenvalue weighted by Gasteiger charge is -2.14. The smallest absolute Gasteiger partial charge is 0.354 e. The number of halogens is 1. The molecule has 0 atom stereocenters. The lowest BCUT2D eigenvalue weighted by Crippen LogP contribution is -2.23. The fraction of sp³-hybridized carbons (Fsp3) is 0.167. The first-order chi connectivity index (χ1) is 11.6. The Bertz CT molecular complexity index is 1080. The van der Waals surface area contributed by atoms with E-state index in [9.17, 15) is 4.79 Å². The predicted octanol–water partition coefficient (Wildman–Crippen LogP) is 4.05. The van der Waals surface area contributed by atoms with Gasteiger partial charge in [0.25, 0.3) is 0 Å². The van der Waals surface area contributed by atoms with Gasteiger partial charge in [-0.3, -0.25) is 4.57 Å². The van der Waals surface area contributed by atoms with Crippen molar-refractivity contribution in [3.8, 4) is 5.69 Å². The van der Waals surface area contributed by atoms with E-state index in [0.29, 0.717) is 33.2 Å². The molecule has 0 unspecified atom stereocenters. The van der Waals surface area contributed by atoms with Gasteiger partial charge in [-0.05, 0) is 48.6 Å². The second kappa shape index (κ2) is 5.36. The Morgan fingerprint density at radius 3 is 2.71 bits per heavy atom. The van der Waals surface area contributed by atoms with E-state index in [0.717, 1.165) is 18.4 Å². The van der Waals surface area contributed by atoms with Crippen LogP contribution in [0.1, 0.15) is 24.3 Å². The second-order valence-corrected chi connectivity index (χ2v) is 6.29. The quantitative estimate of drug-likeness (QED) is 0.718. The van der Waals surface area contributed by atoms with Crippen molar-refractivity contribution in [1.29, 1.82) is 0 Å².